The van der Waals surface area contributed by atoms with Crippen molar-refractivity contribution in [2.24, 2.45) is 35.1 Å². The highest BCUT2D eigenvalue weighted by atomic mass is 16.7. The number of likely N-dealkylation sites (tertiary alicyclic amines) is 1. The van der Waals surface area contributed by atoms with Crippen LogP contribution in [0.2, 0.25) is 0 Å². The van der Waals surface area contributed by atoms with Crippen LogP contribution >= 0.6 is 0 Å². The Kier molecular flexibility index (Phi) is 32.1. The monoisotopic (exact) mass is 1160 g/mol. The van der Waals surface area contributed by atoms with E-state index in [0.29, 0.717) is 25.8 Å². The summed E-state index contributed by atoms with van der Waals surface area (Å²) < 4.78 is 33.2. The molecule has 0 bridgehead atoms. The van der Waals surface area contributed by atoms with Crippen molar-refractivity contribution < 1.29 is 71.9 Å². The van der Waals surface area contributed by atoms with Gasteiger partial charge in [-0.05, 0) is 77.4 Å². The van der Waals surface area contributed by atoms with Gasteiger partial charge in [0.1, 0.15) is 36.7 Å². The first kappa shape index (κ1) is 72.6. The Morgan fingerprint density at radius 1 is 0.841 bits per heavy atom. The average Bonchev–Trinajstić information content (AvgIpc) is 4.10. The number of nitrogens with one attached hydrogen (secondary N) is 5. The molecule has 1 fully saturated rings. The van der Waals surface area contributed by atoms with E-state index < -0.39 is 116 Å². The third-order valence-corrected chi connectivity index (χ3v) is 14.4. The van der Waals surface area contributed by atoms with Gasteiger partial charge in [0.2, 0.25) is 35.4 Å². The number of amides is 7. The van der Waals surface area contributed by atoms with Crippen LogP contribution in [-0.4, -0.2) is 209 Å². The summed E-state index contributed by atoms with van der Waals surface area (Å²) >= 11 is 0. The standard InChI is InChI=1S/C57H100N10O15/c1-16-36(6)49(66(13)54(74)47(34(2)3)64-53(73)48(35(4)5)65(11)12)42(77-14)31-45(70)67-28-20-24-41(67)50(78-15)37(7)51(71)63-40(30-39-22-18-17-19-23-39)52(72)60-26-21-29-79-55(75)38(8)62-44(69)25-27-61-56(76)80-33-46(81-43(58)32-68)82-57(9,10)59/h17-19,22-23,34-38,40-43,46-50,68H,16,20-21,24-33,58-59H2,1-15H3,(H,60,72)(H,61,76)(H,62,69)(H,63,71)(H,64,73)/t36-,37+,38-,40-,41-,42+,43?,46?,47?,48?,49?,50+/m0/s1. The smallest absolute Gasteiger partial charge is 0.407 e. The van der Waals surface area contributed by atoms with Gasteiger partial charge >= 0.3 is 12.1 Å². The summed E-state index contributed by atoms with van der Waals surface area (Å²) in [6.45, 7) is 17.2. The Morgan fingerprint density at radius 2 is 1.50 bits per heavy atom. The molecule has 0 aliphatic carbocycles. The molecule has 1 aliphatic heterocycles. The highest BCUT2D eigenvalue weighted by Gasteiger charge is 2.44. The molecule has 7 amide bonds. The van der Waals surface area contributed by atoms with Crippen molar-refractivity contribution in [3.05, 3.63) is 35.9 Å². The number of esters is 1. The number of aliphatic hydroxyl groups is 1. The van der Waals surface area contributed by atoms with Crippen LogP contribution in [0, 0.1) is 23.7 Å². The average molecular weight is 1170 g/mol. The molecule has 468 valence electrons. The van der Waals surface area contributed by atoms with Crippen molar-refractivity contribution in [2.45, 2.75) is 181 Å². The number of alkyl carbamates (subject to hydrolysis) is 1. The highest BCUT2D eigenvalue weighted by Crippen LogP contribution is 2.30. The molecule has 1 aliphatic rings. The number of nitrogens with zero attached hydrogens (tertiary/aromatic N) is 3. The molecule has 25 heteroatoms. The SMILES string of the molecule is CC[C@H](C)C([C@@H](CC(=O)N1CCC[C@H]1[C@H](OC)[C@@H](C)C(=O)N[C@@H](Cc1ccccc1)C(=O)NCCCOC(=O)[C@H](C)NC(=O)CCNC(=O)OCC(OC(N)CO)OC(C)(C)N)OC)N(C)C(=O)C(NC(=O)C(C(C)C)N(C)C)C(C)C. The maximum atomic E-state index is 14.5. The van der Waals surface area contributed by atoms with Crippen LogP contribution < -0.4 is 38.1 Å². The molecule has 25 nitrogen and oxygen atoms in total. The van der Waals surface area contributed by atoms with Gasteiger partial charge in [0, 0.05) is 53.7 Å². The zero-order valence-electron chi connectivity index (χ0n) is 51.3. The van der Waals surface area contributed by atoms with Crippen molar-refractivity contribution in [1.29, 1.82) is 0 Å². The van der Waals surface area contributed by atoms with Crippen LogP contribution in [0.15, 0.2) is 30.3 Å². The zero-order valence-corrected chi connectivity index (χ0v) is 51.3. The quantitative estimate of drug-likeness (QED) is 0.0265. The normalized spacial score (nSPS) is 17.7. The van der Waals surface area contributed by atoms with E-state index in [1.165, 1.54) is 35.0 Å². The molecule has 10 N–H and O–H groups in total. The number of aliphatic hydroxyl groups excluding tert-OH is 1. The molecule has 1 saturated heterocycles. The van der Waals surface area contributed by atoms with E-state index in [-0.39, 0.29) is 80.9 Å². The number of benzene rings is 1. The Bertz CT molecular complexity index is 2140. The molecule has 0 saturated carbocycles. The molecule has 0 aromatic heterocycles. The number of likely N-dealkylation sites (N-methyl/N-ethyl adjacent to an activating group) is 2. The first-order valence-corrected chi connectivity index (χ1v) is 28.6. The number of rotatable bonds is 37. The minimum atomic E-state index is -1.18. The lowest BCUT2D eigenvalue weighted by molar-refractivity contribution is -0.235. The van der Waals surface area contributed by atoms with Gasteiger partial charge in [0.15, 0.2) is 6.29 Å². The lowest BCUT2D eigenvalue weighted by Gasteiger charge is -2.41. The predicted molar refractivity (Wildman–Crippen MR) is 307 cm³/mol. The summed E-state index contributed by atoms with van der Waals surface area (Å²) in [6, 6.07) is 4.83. The molecule has 12 atom stereocenters. The van der Waals surface area contributed by atoms with Gasteiger partial charge in [0.05, 0.1) is 55.9 Å². The van der Waals surface area contributed by atoms with Gasteiger partial charge in [-0.1, -0.05) is 85.2 Å². The topological polar surface area (TPSA) is 334 Å². The first-order chi connectivity index (χ1) is 38.5. The number of ether oxygens (including phenoxy) is 6. The van der Waals surface area contributed by atoms with Gasteiger partial charge in [-0.3, -0.25) is 33.7 Å². The zero-order chi connectivity index (χ0) is 62.0. The molecular formula is C57H100N10O15. The largest absolute Gasteiger partial charge is 0.464 e. The molecule has 1 heterocycles. The number of hydrogen-bond acceptors (Lipinski definition) is 18. The van der Waals surface area contributed by atoms with E-state index in [2.05, 4.69) is 26.6 Å². The summed E-state index contributed by atoms with van der Waals surface area (Å²) in [5.41, 5.74) is 11.0. The van der Waals surface area contributed by atoms with E-state index in [9.17, 15) is 43.5 Å². The van der Waals surface area contributed by atoms with Crippen LogP contribution in [0.25, 0.3) is 0 Å². The minimum Gasteiger partial charge on any atom is -0.464 e. The minimum absolute atomic E-state index is 0.000363. The Labute approximate surface area is 486 Å². The van der Waals surface area contributed by atoms with E-state index in [4.69, 9.17) is 39.9 Å². The second-order valence-corrected chi connectivity index (χ2v) is 22.6. The first-order valence-electron chi connectivity index (χ1n) is 28.6. The maximum Gasteiger partial charge on any atom is 0.407 e. The van der Waals surface area contributed by atoms with Gasteiger partial charge < -0.3 is 81.4 Å². The van der Waals surface area contributed by atoms with Crippen LogP contribution in [0.3, 0.4) is 0 Å². The van der Waals surface area contributed by atoms with Gasteiger partial charge in [0.25, 0.3) is 0 Å². The molecule has 5 unspecified atom stereocenters. The summed E-state index contributed by atoms with van der Waals surface area (Å²) in [7, 11) is 8.38. The second kappa shape index (κ2) is 36.2. The van der Waals surface area contributed by atoms with E-state index >= 15 is 0 Å². The summed E-state index contributed by atoms with van der Waals surface area (Å²) in [5.74, 6) is -4.13. The van der Waals surface area contributed by atoms with Gasteiger partial charge in [-0.2, -0.15) is 0 Å². The third kappa shape index (κ3) is 24.3. The predicted octanol–water partition coefficient (Wildman–Crippen LogP) is 1.36. The van der Waals surface area contributed by atoms with E-state index in [1.54, 1.807) is 23.8 Å². The fourth-order valence-electron chi connectivity index (χ4n) is 10.0. The van der Waals surface area contributed by atoms with Crippen molar-refractivity contribution in [3.63, 3.8) is 0 Å². The summed E-state index contributed by atoms with van der Waals surface area (Å²) in [5, 5.41) is 22.8. The third-order valence-electron chi connectivity index (χ3n) is 14.4. The maximum absolute atomic E-state index is 14.5. The molecule has 0 radical (unpaired) electrons. The molecule has 1 aromatic rings. The second-order valence-electron chi connectivity index (χ2n) is 22.6. The number of hydrogen-bond donors (Lipinski definition) is 8. The molecule has 2 rings (SSSR count). The lowest BCUT2D eigenvalue weighted by atomic mass is 9.89. The van der Waals surface area contributed by atoms with Crippen molar-refractivity contribution in [3.8, 4) is 0 Å². The van der Waals surface area contributed by atoms with Gasteiger partial charge in [-0.15, -0.1) is 0 Å². The lowest BCUT2D eigenvalue weighted by Crippen LogP contribution is -2.59. The summed E-state index contributed by atoms with van der Waals surface area (Å²) in [4.78, 5) is 113. The van der Waals surface area contributed by atoms with Crippen LogP contribution in [0.4, 0.5) is 4.79 Å². The highest BCUT2D eigenvalue weighted by molar-refractivity contribution is 5.91. The fraction of sp³-hybridized carbons (Fsp3) is 0.754. The molecular weight excluding hydrogens is 1060 g/mol. The number of carbonyl (C=O) groups is 8. The molecule has 0 spiro atoms. The van der Waals surface area contributed by atoms with Crippen molar-refractivity contribution in [1.82, 2.24) is 41.3 Å². The van der Waals surface area contributed by atoms with E-state index in [1.807, 2.05) is 90.9 Å². The molecule has 1 aromatic carbocycles. The van der Waals surface area contributed by atoms with E-state index in [0.717, 1.165) is 5.56 Å². The number of methoxy groups -OCH3 is 2. The van der Waals surface area contributed by atoms with Gasteiger partial charge in [-0.25, -0.2) is 9.59 Å². The molecule has 82 heavy (non-hydrogen) atoms. The van der Waals surface area contributed by atoms with Crippen molar-refractivity contribution >= 4 is 47.5 Å². The fourth-order valence-corrected chi connectivity index (χ4v) is 10.0. The van der Waals surface area contributed by atoms with Crippen molar-refractivity contribution in [2.75, 3.05) is 74.8 Å². The van der Waals surface area contributed by atoms with Crippen LogP contribution in [0.5, 0.6) is 0 Å². The Hall–Kier alpha value is -5.54. The Morgan fingerprint density at radius 3 is 2.06 bits per heavy atom. The number of carbonyl (C=O) groups excluding carboxylic acids is 8. The Balaban J connectivity index is 2.07. The van der Waals surface area contributed by atoms with Crippen LogP contribution in [-0.2, 0) is 68.4 Å². The van der Waals surface area contributed by atoms with Crippen LogP contribution in [0.1, 0.15) is 113 Å². The summed E-state index contributed by atoms with van der Waals surface area (Å²) in [6.07, 6.45) is -2.68. The number of nitrogens with two attached hydrogens (primary N) is 2.